The molecule has 0 bridgehead atoms. The molecule has 144 valence electrons. The Labute approximate surface area is 169 Å². The third kappa shape index (κ3) is 3.54. The van der Waals surface area contributed by atoms with Gasteiger partial charge in [-0.2, -0.15) is 0 Å². The fraction of sp³-hybridized carbons (Fsp3) is 0.318. The molecule has 0 N–H and O–H groups in total. The smallest absolute Gasteiger partial charge is 0.249 e. The molecule has 0 atom stereocenters. The lowest BCUT2D eigenvalue weighted by molar-refractivity contribution is -0.135. The van der Waals surface area contributed by atoms with Gasteiger partial charge in [-0.25, -0.2) is 0 Å². The molecule has 28 heavy (non-hydrogen) atoms. The second-order valence-corrected chi connectivity index (χ2v) is 7.56. The standard InChI is InChI=1S/C22H22ClN3O2/c1-2-14-26(21(27)22(12-13-22)16-8-4-3-5-9-16)15-19-24-25-20(28-19)17-10-6-7-11-18(17)23/h3-11H,2,12-15H2,1H3. The van der Waals surface area contributed by atoms with Crippen molar-refractivity contribution in [3.63, 3.8) is 0 Å². The SMILES string of the molecule is CCCN(Cc1nnc(-c2ccccc2Cl)o1)C(=O)C1(c2ccccc2)CC1. The summed E-state index contributed by atoms with van der Waals surface area (Å²) < 4.78 is 5.82. The summed E-state index contributed by atoms with van der Waals surface area (Å²) in [6.07, 6.45) is 2.62. The first-order valence-corrected chi connectivity index (χ1v) is 9.94. The molecule has 0 saturated heterocycles. The van der Waals surface area contributed by atoms with Gasteiger partial charge in [-0.05, 0) is 37.0 Å². The van der Waals surface area contributed by atoms with E-state index < -0.39 is 5.41 Å². The second kappa shape index (κ2) is 7.76. The van der Waals surface area contributed by atoms with Gasteiger partial charge in [0.25, 0.3) is 0 Å². The highest BCUT2D eigenvalue weighted by Gasteiger charge is 2.52. The topological polar surface area (TPSA) is 59.2 Å². The summed E-state index contributed by atoms with van der Waals surface area (Å²) in [5.74, 6) is 0.923. The molecule has 1 aliphatic rings. The molecule has 0 unspecified atom stereocenters. The van der Waals surface area contributed by atoms with Gasteiger partial charge in [0.1, 0.15) is 0 Å². The summed E-state index contributed by atoms with van der Waals surface area (Å²) in [6, 6.07) is 17.4. The minimum absolute atomic E-state index is 0.137. The fourth-order valence-electron chi connectivity index (χ4n) is 3.56. The lowest BCUT2D eigenvalue weighted by Crippen LogP contribution is -2.39. The molecule has 5 nitrogen and oxygen atoms in total. The van der Waals surface area contributed by atoms with Crippen LogP contribution in [0.3, 0.4) is 0 Å². The van der Waals surface area contributed by atoms with Crippen molar-refractivity contribution >= 4 is 17.5 Å². The predicted octanol–water partition coefficient (Wildman–Crippen LogP) is 4.86. The van der Waals surface area contributed by atoms with Gasteiger partial charge in [0.15, 0.2) is 0 Å². The summed E-state index contributed by atoms with van der Waals surface area (Å²) in [7, 11) is 0. The monoisotopic (exact) mass is 395 g/mol. The Balaban J connectivity index is 1.55. The summed E-state index contributed by atoms with van der Waals surface area (Å²) in [5, 5.41) is 8.82. The zero-order valence-electron chi connectivity index (χ0n) is 15.8. The minimum atomic E-state index is -0.401. The largest absolute Gasteiger partial charge is 0.419 e. The average Bonchev–Trinajstić information content (AvgIpc) is 3.41. The second-order valence-electron chi connectivity index (χ2n) is 7.16. The zero-order chi connectivity index (χ0) is 19.6. The number of amides is 1. The first-order valence-electron chi connectivity index (χ1n) is 9.56. The molecule has 6 heteroatoms. The molecule has 0 spiro atoms. The Bertz CT molecular complexity index is 967. The van der Waals surface area contributed by atoms with Crippen molar-refractivity contribution in [2.75, 3.05) is 6.54 Å². The molecule has 3 aromatic rings. The normalized spacial score (nSPS) is 14.6. The van der Waals surface area contributed by atoms with Gasteiger partial charge in [0.05, 0.1) is 22.5 Å². The van der Waals surface area contributed by atoms with Crippen LogP contribution in [0.5, 0.6) is 0 Å². The molecule has 1 heterocycles. The highest BCUT2D eigenvalue weighted by atomic mass is 35.5. The molecule has 1 amide bonds. The quantitative estimate of drug-likeness (QED) is 0.573. The molecule has 1 aliphatic carbocycles. The number of carbonyl (C=O) groups excluding carboxylic acids is 1. The van der Waals surface area contributed by atoms with Crippen LogP contribution in [0.4, 0.5) is 0 Å². The third-order valence-electron chi connectivity index (χ3n) is 5.16. The van der Waals surface area contributed by atoms with Crippen LogP contribution in [0.1, 0.15) is 37.6 Å². The Kier molecular flexibility index (Phi) is 5.18. The average molecular weight is 396 g/mol. The molecule has 1 fully saturated rings. The van der Waals surface area contributed by atoms with Crippen molar-refractivity contribution in [3.05, 3.63) is 71.1 Å². The first-order chi connectivity index (χ1) is 13.6. The Hall–Kier alpha value is -2.66. The lowest BCUT2D eigenvalue weighted by atomic mass is 9.94. The predicted molar refractivity (Wildman–Crippen MR) is 108 cm³/mol. The van der Waals surface area contributed by atoms with E-state index in [1.807, 2.05) is 53.4 Å². The van der Waals surface area contributed by atoms with E-state index in [9.17, 15) is 4.79 Å². The summed E-state index contributed by atoms with van der Waals surface area (Å²) in [6.45, 7) is 3.02. The van der Waals surface area contributed by atoms with Crippen molar-refractivity contribution in [1.82, 2.24) is 15.1 Å². The van der Waals surface area contributed by atoms with Crippen molar-refractivity contribution in [1.29, 1.82) is 0 Å². The van der Waals surface area contributed by atoms with Crippen LogP contribution in [0, 0.1) is 0 Å². The molecule has 0 radical (unpaired) electrons. The van der Waals surface area contributed by atoms with Crippen LogP contribution in [0.25, 0.3) is 11.5 Å². The van der Waals surface area contributed by atoms with Crippen molar-refractivity contribution in [3.8, 4) is 11.5 Å². The maximum Gasteiger partial charge on any atom is 0.249 e. The van der Waals surface area contributed by atoms with E-state index in [-0.39, 0.29) is 5.91 Å². The molecule has 1 aromatic heterocycles. The summed E-state index contributed by atoms with van der Waals surface area (Å²) >= 11 is 6.22. The summed E-state index contributed by atoms with van der Waals surface area (Å²) in [4.78, 5) is 15.2. The van der Waals surface area contributed by atoms with Gasteiger partial charge >= 0.3 is 0 Å². The van der Waals surface area contributed by atoms with Crippen molar-refractivity contribution in [2.24, 2.45) is 0 Å². The molecule has 4 rings (SSSR count). The molecular weight excluding hydrogens is 374 g/mol. The van der Waals surface area contributed by atoms with Gasteiger partial charge in [-0.1, -0.05) is 61.0 Å². The Morgan fingerprint density at radius 2 is 1.82 bits per heavy atom. The van der Waals surface area contributed by atoms with Crippen LogP contribution >= 0.6 is 11.6 Å². The van der Waals surface area contributed by atoms with E-state index in [4.69, 9.17) is 16.0 Å². The number of hydrogen-bond acceptors (Lipinski definition) is 4. The van der Waals surface area contributed by atoms with Gasteiger partial charge in [-0.3, -0.25) is 4.79 Å². The number of carbonyl (C=O) groups is 1. The highest BCUT2D eigenvalue weighted by Crippen LogP contribution is 2.49. The Morgan fingerprint density at radius 3 is 2.50 bits per heavy atom. The molecule has 1 saturated carbocycles. The van der Waals surface area contributed by atoms with Crippen LogP contribution in [-0.2, 0) is 16.8 Å². The maximum atomic E-state index is 13.4. The fourth-order valence-corrected chi connectivity index (χ4v) is 3.77. The van der Waals surface area contributed by atoms with Crippen LogP contribution in [0.2, 0.25) is 5.02 Å². The van der Waals surface area contributed by atoms with E-state index >= 15 is 0 Å². The lowest BCUT2D eigenvalue weighted by Gasteiger charge is -2.26. The van der Waals surface area contributed by atoms with Gasteiger partial charge in [0, 0.05) is 6.54 Å². The van der Waals surface area contributed by atoms with Crippen molar-refractivity contribution in [2.45, 2.75) is 38.1 Å². The van der Waals surface area contributed by atoms with Crippen molar-refractivity contribution < 1.29 is 9.21 Å². The van der Waals surface area contributed by atoms with Gasteiger partial charge in [-0.15, -0.1) is 10.2 Å². The number of benzene rings is 2. The van der Waals surface area contributed by atoms with Gasteiger partial charge < -0.3 is 9.32 Å². The van der Waals surface area contributed by atoms with E-state index in [0.29, 0.717) is 35.5 Å². The van der Waals surface area contributed by atoms with E-state index in [1.54, 1.807) is 6.07 Å². The minimum Gasteiger partial charge on any atom is -0.419 e. The number of hydrogen-bond donors (Lipinski definition) is 0. The van der Waals surface area contributed by atoms with Crippen LogP contribution < -0.4 is 0 Å². The number of halogens is 1. The Morgan fingerprint density at radius 1 is 1.11 bits per heavy atom. The number of nitrogens with zero attached hydrogens (tertiary/aromatic N) is 3. The van der Waals surface area contributed by atoms with Gasteiger partial charge in [0.2, 0.25) is 17.7 Å². The zero-order valence-corrected chi connectivity index (χ0v) is 16.5. The van der Waals surface area contributed by atoms with Crippen LogP contribution in [0.15, 0.2) is 59.0 Å². The van der Waals surface area contributed by atoms with Crippen LogP contribution in [-0.4, -0.2) is 27.5 Å². The van der Waals surface area contributed by atoms with E-state index in [1.165, 1.54) is 0 Å². The molecule has 0 aliphatic heterocycles. The summed E-state index contributed by atoms with van der Waals surface area (Å²) in [5.41, 5.74) is 1.38. The molecule has 2 aromatic carbocycles. The van der Waals surface area contributed by atoms with E-state index in [0.717, 1.165) is 24.8 Å². The first kappa shape index (κ1) is 18.7. The third-order valence-corrected chi connectivity index (χ3v) is 5.49. The molecular formula is C22H22ClN3O2. The number of aromatic nitrogens is 2. The highest BCUT2D eigenvalue weighted by molar-refractivity contribution is 6.33. The maximum absolute atomic E-state index is 13.4. The number of rotatable bonds is 7. The van der Waals surface area contributed by atoms with E-state index in [2.05, 4.69) is 17.1 Å².